The van der Waals surface area contributed by atoms with Gasteiger partial charge in [-0.05, 0) is 30.5 Å². The van der Waals surface area contributed by atoms with Crippen LogP contribution in [-0.4, -0.2) is 31.9 Å². The summed E-state index contributed by atoms with van der Waals surface area (Å²) in [7, 11) is -1.33. The minimum Gasteiger partial charge on any atom is -0.392 e. The van der Waals surface area contributed by atoms with Crippen molar-refractivity contribution in [2.24, 2.45) is 0 Å². The summed E-state index contributed by atoms with van der Waals surface area (Å²) >= 11 is 0. The van der Waals surface area contributed by atoms with E-state index in [2.05, 4.69) is 39.2 Å². The maximum absolute atomic E-state index is 10.2. The fraction of sp³-hybridized carbons (Fsp3) is 1.00. The average Bonchev–Trinajstić information content (AvgIpc) is 2.51. The maximum Gasteiger partial charge on any atom is 0.0670 e. The lowest BCUT2D eigenvalue weighted by Gasteiger charge is -2.39. The summed E-state index contributed by atoms with van der Waals surface area (Å²) in [6.45, 7) is 12.8. The second-order valence-corrected chi connectivity index (χ2v) is 12.3. The highest BCUT2D eigenvalue weighted by atomic mass is 28.3. The van der Waals surface area contributed by atoms with Crippen molar-refractivity contribution in [2.75, 3.05) is 6.54 Å². The highest BCUT2D eigenvalue weighted by Gasteiger charge is 2.38. The van der Waals surface area contributed by atoms with Gasteiger partial charge >= 0.3 is 0 Å². The molecule has 0 unspecified atom stereocenters. The van der Waals surface area contributed by atoms with Crippen molar-refractivity contribution in [3.8, 4) is 0 Å². The normalized spacial score (nSPS) is 25.6. The van der Waals surface area contributed by atoms with Crippen LogP contribution in [0.1, 0.15) is 33.6 Å². The van der Waals surface area contributed by atoms with E-state index in [0.717, 1.165) is 19.0 Å². The van der Waals surface area contributed by atoms with Crippen LogP contribution < -0.4 is 5.32 Å². The lowest BCUT2D eigenvalue weighted by Crippen LogP contribution is -2.45. The topological polar surface area (TPSA) is 32.3 Å². The molecule has 0 amide bonds. The summed E-state index contributed by atoms with van der Waals surface area (Å²) in [6.07, 6.45) is 2.24. The minimum atomic E-state index is -1.33. The standard InChI is InChI=1S/C12H27NOSi/c1-12(2,3)15(4,5)9-11(14)10-7-6-8-13-10/h10-11,13-14H,6-9H2,1-5H3/t10-,11+/m0/s1. The Bertz CT molecular complexity index is 204. The number of rotatable bonds is 3. The first-order valence-corrected chi connectivity index (χ1v) is 9.36. The second kappa shape index (κ2) is 4.56. The molecule has 0 aliphatic carbocycles. The van der Waals surface area contributed by atoms with Crippen molar-refractivity contribution in [2.45, 2.75) is 69.9 Å². The third kappa shape index (κ3) is 3.30. The lowest BCUT2D eigenvalue weighted by molar-refractivity contribution is 0.152. The molecule has 1 aliphatic rings. The zero-order chi connectivity index (χ0) is 11.7. The van der Waals surface area contributed by atoms with Crippen molar-refractivity contribution < 1.29 is 5.11 Å². The first kappa shape index (κ1) is 13.2. The van der Waals surface area contributed by atoms with E-state index in [1.165, 1.54) is 6.42 Å². The van der Waals surface area contributed by atoms with E-state index < -0.39 is 8.07 Å². The Morgan fingerprint density at radius 3 is 2.40 bits per heavy atom. The van der Waals surface area contributed by atoms with Crippen molar-refractivity contribution in [3.05, 3.63) is 0 Å². The zero-order valence-corrected chi connectivity index (χ0v) is 11.9. The Morgan fingerprint density at radius 2 is 2.00 bits per heavy atom. The van der Waals surface area contributed by atoms with Gasteiger partial charge in [-0.3, -0.25) is 0 Å². The van der Waals surface area contributed by atoms with E-state index in [1.54, 1.807) is 0 Å². The van der Waals surface area contributed by atoms with Crippen LogP contribution in [0.15, 0.2) is 0 Å². The van der Waals surface area contributed by atoms with Crippen molar-refractivity contribution in [3.63, 3.8) is 0 Å². The Hall–Kier alpha value is 0.137. The molecule has 0 saturated carbocycles. The molecular formula is C12H27NOSi. The molecule has 2 N–H and O–H groups in total. The van der Waals surface area contributed by atoms with Gasteiger partial charge in [-0.15, -0.1) is 0 Å². The highest BCUT2D eigenvalue weighted by Crippen LogP contribution is 2.39. The number of aliphatic hydroxyl groups excluding tert-OH is 1. The van der Waals surface area contributed by atoms with Gasteiger partial charge in [-0.2, -0.15) is 0 Å². The number of hydrogen-bond donors (Lipinski definition) is 2. The van der Waals surface area contributed by atoms with Gasteiger partial charge < -0.3 is 10.4 Å². The Morgan fingerprint density at radius 1 is 1.40 bits per heavy atom. The Balaban J connectivity index is 2.52. The summed E-state index contributed by atoms with van der Waals surface area (Å²) in [5.74, 6) is 0. The molecule has 0 bridgehead atoms. The largest absolute Gasteiger partial charge is 0.392 e. The molecule has 1 rings (SSSR count). The second-order valence-electron chi connectivity index (χ2n) is 6.61. The minimum absolute atomic E-state index is 0.131. The van der Waals surface area contributed by atoms with E-state index in [9.17, 15) is 5.11 Å². The van der Waals surface area contributed by atoms with Crippen LogP contribution in [0.3, 0.4) is 0 Å². The number of nitrogens with one attached hydrogen (secondary N) is 1. The summed E-state index contributed by atoms with van der Waals surface area (Å²) in [5.41, 5.74) is 0. The fourth-order valence-electron chi connectivity index (χ4n) is 2.01. The van der Waals surface area contributed by atoms with Crippen molar-refractivity contribution >= 4 is 8.07 Å². The summed E-state index contributed by atoms with van der Waals surface area (Å²) in [5, 5.41) is 14.0. The third-order valence-corrected chi connectivity index (χ3v) is 9.81. The van der Waals surface area contributed by atoms with E-state index in [-0.39, 0.29) is 6.10 Å². The van der Waals surface area contributed by atoms with E-state index in [4.69, 9.17) is 0 Å². The first-order chi connectivity index (χ1) is 6.74. The van der Waals surface area contributed by atoms with Crippen molar-refractivity contribution in [1.29, 1.82) is 0 Å². The van der Waals surface area contributed by atoms with Crippen LogP contribution in [0.25, 0.3) is 0 Å². The van der Waals surface area contributed by atoms with Crippen LogP contribution in [0.4, 0.5) is 0 Å². The number of hydrogen-bond acceptors (Lipinski definition) is 2. The van der Waals surface area contributed by atoms with Crippen LogP contribution in [0.2, 0.25) is 24.2 Å². The van der Waals surface area contributed by atoms with Crippen molar-refractivity contribution in [1.82, 2.24) is 5.32 Å². The lowest BCUT2D eigenvalue weighted by atomic mass is 10.1. The van der Waals surface area contributed by atoms with Gasteiger partial charge in [0.1, 0.15) is 0 Å². The molecule has 0 aromatic rings. The van der Waals surface area contributed by atoms with E-state index >= 15 is 0 Å². The first-order valence-electron chi connectivity index (χ1n) is 6.15. The molecule has 0 radical (unpaired) electrons. The van der Waals surface area contributed by atoms with E-state index in [1.807, 2.05) is 0 Å². The molecular weight excluding hydrogens is 202 g/mol. The summed E-state index contributed by atoms with van der Waals surface area (Å²) < 4.78 is 0. The highest BCUT2D eigenvalue weighted by molar-refractivity contribution is 6.80. The summed E-state index contributed by atoms with van der Waals surface area (Å²) in [6, 6.07) is 1.38. The molecule has 0 spiro atoms. The smallest absolute Gasteiger partial charge is 0.0670 e. The van der Waals surface area contributed by atoms with Gasteiger partial charge in [0.05, 0.1) is 14.2 Å². The average molecular weight is 229 g/mol. The van der Waals surface area contributed by atoms with E-state index in [0.29, 0.717) is 11.1 Å². The third-order valence-electron chi connectivity index (χ3n) is 4.31. The predicted molar refractivity (Wildman–Crippen MR) is 69.0 cm³/mol. The Labute approximate surface area is 95.5 Å². The SMILES string of the molecule is CC(C)(C)[Si](C)(C)C[C@@H](O)[C@@H]1CCCN1. The summed E-state index contributed by atoms with van der Waals surface area (Å²) in [4.78, 5) is 0. The van der Waals surface area contributed by atoms with Crippen LogP contribution in [0, 0.1) is 0 Å². The molecule has 1 fully saturated rings. The van der Waals surface area contributed by atoms with Gasteiger partial charge in [0.15, 0.2) is 0 Å². The van der Waals surface area contributed by atoms with Crippen LogP contribution in [0.5, 0.6) is 0 Å². The molecule has 2 atom stereocenters. The molecule has 3 heteroatoms. The van der Waals surface area contributed by atoms with Gasteiger partial charge in [0.2, 0.25) is 0 Å². The Kier molecular flexibility index (Phi) is 4.01. The number of aliphatic hydroxyl groups is 1. The molecule has 90 valence electrons. The molecule has 1 heterocycles. The zero-order valence-electron chi connectivity index (χ0n) is 10.9. The molecule has 0 aromatic carbocycles. The molecule has 0 aromatic heterocycles. The molecule has 2 nitrogen and oxygen atoms in total. The quantitative estimate of drug-likeness (QED) is 0.729. The monoisotopic (exact) mass is 229 g/mol. The maximum atomic E-state index is 10.2. The van der Waals surface area contributed by atoms with Crippen LogP contribution in [-0.2, 0) is 0 Å². The van der Waals surface area contributed by atoms with Gasteiger partial charge in [-0.1, -0.05) is 33.9 Å². The van der Waals surface area contributed by atoms with Crippen LogP contribution >= 0.6 is 0 Å². The predicted octanol–water partition coefficient (Wildman–Crippen LogP) is 2.61. The molecule has 15 heavy (non-hydrogen) atoms. The molecule has 1 aliphatic heterocycles. The van der Waals surface area contributed by atoms with Gasteiger partial charge in [-0.25, -0.2) is 0 Å². The van der Waals surface area contributed by atoms with Gasteiger partial charge in [0, 0.05) is 6.04 Å². The molecule has 1 saturated heterocycles. The van der Waals surface area contributed by atoms with Gasteiger partial charge in [0.25, 0.3) is 0 Å². The fourth-order valence-corrected chi connectivity index (χ4v) is 3.95.